The molecule has 1 aliphatic heterocycles. The molecule has 1 aromatic carbocycles. The molecule has 0 atom stereocenters. The maximum Gasteiger partial charge on any atom is 0.246 e. The van der Waals surface area contributed by atoms with E-state index in [0.717, 1.165) is 25.9 Å². The molecular weight excluding hydrogens is 290 g/mol. The van der Waals surface area contributed by atoms with E-state index in [0.29, 0.717) is 12.4 Å². The summed E-state index contributed by atoms with van der Waals surface area (Å²) < 4.78 is 11.1. The van der Waals surface area contributed by atoms with Gasteiger partial charge in [-0.3, -0.25) is 4.79 Å². The Hall–Kier alpha value is -2.33. The average Bonchev–Trinajstić information content (AvgIpc) is 3.13. The van der Waals surface area contributed by atoms with Crippen LogP contribution in [0.4, 0.5) is 0 Å². The van der Waals surface area contributed by atoms with Gasteiger partial charge in [0, 0.05) is 19.2 Å². The number of ether oxygens (including phenoxy) is 1. The van der Waals surface area contributed by atoms with Crippen LogP contribution in [0.5, 0.6) is 0 Å². The number of hydrogen-bond donors (Lipinski definition) is 0. The quantitative estimate of drug-likeness (QED) is 0.794. The number of carbonyl (C=O) groups excluding carboxylic acids is 1. The molecule has 1 aliphatic rings. The normalized spacial score (nSPS) is 16.1. The van der Waals surface area contributed by atoms with Gasteiger partial charge < -0.3 is 14.1 Å². The first kappa shape index (κ1) is 15.6. The Morgan fingerprint density at radius 3 is 2.65 bits per heavy atom. The van der Waals surface area contributed by atoms with Crippen LogP contribution in [-0.2, 0) is 16.1 Å². The summed E-state index contributed by atoms with van der Waals surface area (Å²) >= 11 is 0. The van der Waals surface area contributed by atoms with Gasteiger partial charge in [-0.1, -0.05) is 30.3 Å². The summed E-state index contributed by atoms with van der Waals surface area (Å²) in [6.07, 6.45) is 6.87. The molecule has 0 aliphatic carbocycles. The summed E-state index contributed by atoms with van der Waals surface area (Å²) in [6, 6.07) is 13.8. The van der Waals surface area contributed by atoms with Crippen molar-refractivity contribution in [2.24, 2.45) is 0 Å². The fourth-order valence-electron chi connectivity index (χ4n) is 2.68. The van der Waals surface area contributed by atoms with Crippen molar-refractivity contribution < 1.29 is 13.9 Å². The third kappa shape index (κ3) is 4.57. The average molecular weight is 311 g/mol. The van der Waals surface area contributed by atoms with Crippen LogP contribution >= 0.6 is 0 Å². The van der Waals surface area contributed by atoms with Crippen LogP contribution in [-0.4, -0.2) is 30.0 Å². The van der Waals surface area contributed by atoms with Gasteiger partial charge in [-0.25, -0.2) is 0 Å². The summed E-state index contributed by atoms with van der Waals surface area (Å²) in [5.74, 6) is 0.724. The molecule has 2 aromatic rings. The van der Waals surface area contributed by atoms with Crippen molar-refractivity contribution in [3.8, 4) is 0 Å². The molecule has 1 amide bonds. The largest absolute Gasteiger partial charge is 0.465 e. The van der Waals surface area contributed by atoms with Crippen molar-refractivity contribution in [3.63, 3.8) is 0 Å². The third-order valence-electron chi connectivity index (χ3n) is 4.02. The van der Waals surface area contributed by atoms with Gasteiger partial charge in [-0.2, -0.15) is 0 Å². The summed E-state index contributed by atoms with van der Waals surface area (Å²) in [4.78, 5) is 14.0. The van der Waals surface area contributed by atoms with Crippen molar-refractivity contribution in [2.45, 2.75) is 25.6 Å². The minimum absolute atomic E-state index is 0.0305. The highest BCUT2D eigenvalue weighted by molar-refractivity contribution is 5.91. The first-order valence-electron chi connectivity index (χ1n) is 7.97. The number of furan rings is 1. The number of benzene rings is 1. The number of piperidine rings is 1. The molecule has 0 saturated carbocycles. The van der Waals surface area contributed by atoms with Gasteiger partial charge in [0.25, 0.3) is 0 Å². The van der Waals surface area contributed by atoms with Crippen molar-refractivity contribution in [2.75, 3.05) is 13.1 Å². The lowest BCUT2D eigenvalue weighted by Gasteiger charge is -2.31. The van der Waals surface area contributed by atoms with E-state index in [2.05, 4.69) is 12.1 Å². The molecule has 0 radical (unpaired) electrons. The van der Waals surface area contributed by atoms with Gasteiger partial charge in [0.2, 0.25) is 5.91 Å². The monoisotopic (exact) mass is 311 g/mol. The fraction of sp³-hybridized carbons (Fsp3) is 0.316. The Balaban J connectivity index is 1.42. The first-order chi connectivity index (χ1) is 11.3. The summed E-state index contributed by atoms with van der Waals surface area (Å²) in [7, 11) is 0. The van der Waals surface area contributed by atoms with Crippen molar-refractivity contribution in [1.82, 2.24) is 4.90 Å². The Labute approximate surface area is 136 Å². The van der Waals surface area contributed by atoms with Crippen LogP contribution in [0.2, 0.25) is 0 Å². The van der Waals surface area contributed by atoms with Gasteiger partial charge in [0.15, 0.2) is 0 Å². The molecule has 4 heteroatoms. The highest BCUT2D eigenvalue weighted by atomic mass is 16.5. The molecule has 1 saturated heterocycles. The van der Waals surface area contributed by atoms with E-state index in [1.54, 1.807) is 24.5 Å². The van der Waals surface area contributed by atoms with Gasteiger partial charge in [-0.15, -0.1) is 0 Å². The Morgan fingerprint density at radius 1 is 1.17 bits per heavy atom. The molecular formula is C19H21NO3. The van der Waals surface area contributed by atoms with Gasteiger partial charge >= 0.3 is 0 Å². The number of hydrogen-bond acceptors (Lipinski definition) is 3. The van der Waals surface area contributed by atoms with Crippen LogP contribution in [0.3, 0.4) is 0 Å². The molecule has 0 N–H and O–H groups in total. The molecule has 3 rings (SSSR count). The second-order valence-corrected chi connectivity index (χ2v) is 5.67. The second-order valence-electron chi connectivity index (χ2n) is 5.67. The Bertz CT molecular complexity index is 626. The van der Waals surface area contributed by atoms with Crippen molar-refractivity contribution >= 4 is 12.0 Å². The Morgan fingerprint density at radius 2 is 1.96 bits per heavy atom. The van der Waals surface area contributed by atoms with Crippen LogP contribution in [0.15, 0.2) is 59.2 Å². The molecule has 0 spiro atoms. The zero-order chi connectivity index (χ0) is 15.9. The summed E-state index contributed by atoms with van der Waals surface area (Å²) in [5, 5.41) is 0. The minimum Gasteiger partial charge on any atom is -0.465 e. The van der Waals surface area contributed by atoms with Crippen molar-refractivity contribution in [1.29, 1.82) is 0 Å². The predicted octanol–water partition coefficient (Wildman–Crippen LogP) is 3.50. The van der Waals surface area contributed by atoms with E-state index < -0.39 is 0 Å². The third-order valence-corrected chi connectivity index (χ3v) is 4.02. The van der Waals surface area contributed by atoms with Crippen LogP contribution < -0.4 is 0 Å². The highest BCUT2D eigenvalue weighted by Gasteiger charge is 2.21. The summed E-state index contributed by atoms with van der Waals surface area (Å²) in [6.45, 7) is 2.11. The van der Waals surface area contributed by atoms with E-state index >= 15 is 0 Å². The van der Waals surface area contributed by atoms with Gasteiger partial charge in [0.05, 0.1) is 19.0 Å². The van der Waals surface area contributed by atoms with E-state index in [4.69, 9.17) is 9.15 Å². The first-order valence-corrected chi connectivity index (χ1v) is 7.97. The molecule has 23 heavy (non-hydrogen) atoms. The smallest absolute Gasteiger partial charge is 0.246 e. The van der Waals surface area contributed by atoms with Crippen LogP contribution in [0, 0.1) is 0 Å². The number of carbonyl (C=O) groups is 1. The number of likely N-dealkylation sites (tertiary alicyclic amines) is 1. The number of amides is 1. The molecule has 0 bridgehead atoms. The molecule has 0 unspecified atom stereocenters. The van der Waals surface area contributed by atoms with Crippen LogP contribution in [0.25, 0.3) is 6.08 Å². The zero-order valence-electron chi connectivity index (χ0n) is 13.1. The topological polar surface area (TPSA) is 42.7 Å². The zero-order valence-corrected chi connectivity index (χ0v) is 13.1. The van der Waals surface area contributed by atoms with E-state index in [9.17, 15) is 4.79 Å². The lowest BCUT2D eigenvalue weighted by molar-refractivity contribution is -0.128. The van der Waals surface area contributed by atoms with E-state index in [1.165, 1.54) is 5.56 Å². The lowest BCUT2D eigenvalue weighted by Crippen LogP contribution is -2.40. The summed E-state index contributed by atoms with van der Waals surface area (Å²) in [5.41, 5.74) is 1.19. The van der Waals surface area contributed by atoms with E-state index in [1.807, 2.05) is 29.2 Å². The minimum atomic E-state index is 0.0305. The molecule has 120 valence electrons. The fourth-order valence-corrected chi connectivity index (χ4v) is 2.68. The standard InChI is InChI=1S/C19H21NO3/c21-19(9-8-17-7-4-14-22-17)20-12-10-18(11-13-20)23-15-16-5-2-1-3-6-16/h1-9,14,18H,10-13,15H2. The van der Waals surface area contributed by atoms with Crippen molar-refractivity contribution in [3.05, 3.63) is 66.1 Å². The van der Waals surface area contributed by atoms with Crippen LogP contribution in [0.1, 0.15) is 24.2 Å². The highest BCUT2D eigenvalue weighted by Crippen LogP contribution is 2.16. The lowest BCUT2D eigenvalue weighted by atomic mass is 10.1. The molecule has 2 heterocycles. The maximum absolute atomic E-state index is 12.1. The van der Waals surface area contributed by atoms with E-state index in [-0.39, 0.29) is 12.0 Å². The maximum atomic E-state index is 12.1. The van der Waals surface area contributed by atoms with Gasteiger partial charge in [0.1, 0.15) is 5.76 Å². The molecule has 1 aromatic heterocycles. The number of nitrogens with zero attached hydrogens (tertiary/aromatic N) is 1. The Kier molecular flexibility index (Phi) is 5.27. The molecule has 1 fully saturated rings. The molecule has 4 nitrogen and oxygen atoms in total. The predicted molar refractivity (Wildman–Crippen MR) is 88.6 cm³/mol. The number of rotatable bonds is 5. The second kappa shape index (κ2) is 7.79. The van der Waals surface area contributed by atoms with Gasteiger partial charge in [-0.05, 0) is 36.6 Å². The SMILES string of the molecule is O=C(C=Cc1ccco1)N1CCC(OCc2ccccc2)CC1.